The van der Waals surface area contributed by atoms with Crippen molar-refractivity contribution in [2.75, 3.05) is 6.61 Å². The Balaban J connectivity index is 2.00. The zero-order valence-corrected chi connectivity index (χ0v) is 8.67. The van der Waals surface area contributed by atoms with Crippen LogP contribution in [0.4, 0.5) is 0 Å². The Hall–Kier alpha value is -0.530. The fourth-order valence-corrected chi connectivity index (χ4v) is 1.81. The number of hydrogen-bond acceptors (Lipinski definition) is 2. The lowest BCUT2D eigenvalue weighted by Crippen LogP contribution is -2.06. The van der Waals surface area contributed by atoms with Crippen LogP contribution in [0.5, 0.6) is 0 Å². The first-order chi connectivity index (χ1) is 6.43. The second-order valence-electron chi connectivity index (χ2n) is 3.86. The van der Waals surface area contributed by atoms with Gasteiger partial charge in [-0.1, -0.05) is 44.2 Å². The minimum absolute atomic E-state index is 0.751. The predicted molar refractivity (Wildman–Crippen MR) is 55.9 cm³/mol. The molecule has 0 aromatic carbocycles. The molecule has 0 aliphatic heterocycles. The van der Waals surface area contributed by atoms with Crippen LogP contribution in [0.2, 0.25) is 0 Å². The van der Waals surface area contributed by atoms with E-state index in [9.17, 15) is 0 Å². The summed E-state index contributed by atoms with van der Waals surface area (Å²) in [5.41, 5.74) is 0. The van der Waals surface area contributed by atoms with Gasteiger partial charge in [0.05, 0.1) is 0 Å². The van der Waals surface area contributed by atoms with Crippen molar-refractivity contribution < 1.29 is 4.84 Å². The third kappa shape index (κ3) is 4.91. The van der Waals surface area contributed by atoms with E-state index in [-0.39, 0.29) is 0 Å². The second kappa shape index (κ2) is 6.93. The molecule has 13 heavy (non-hydrogen) atoms. The van der Waals surface area contributed by atoms with Crippen LogP contribution in [0.25, 0.3) is 0 Å². The molecular weight excluding hydrogens is 162 g/mol. The van der Waals surface area contributed by atoms with E-state index in [2.05, 4.69) is 12.1 Å². The quantitative estimate of drug-likeness (QED) is 0.364. The van der Waals surface area contributed by atoms with Crippen LogP contribution in [0, 0.1) is 5.92 Å². The SMILES string of the molecule is CCCO/N=C/CC1CCCCC1. The first-order valence-corrected chi connectivity index (χ1v) is 5.57. The first-order valence-electron chi connectivity index (χ1n) is 5.57. The number of oxime groups is 1. The van der Waals surface area contributed by atoms with Crippen molar-refractivity contribution in [2.24, 2.45) is 11.1 Å². The molecule has 0 N–H and O–H groups in total. The average Bonchev–Trinajstić information content (AvgIpc) is 2.19. The van der Waals surface area contributed by atoms with E-state index >= 15 is 0 Å². The summed E-state index contributed by atoms with van der Waals surface area (Å²) in [7, 11) is 0. The third-order valence-corrected chi connectivity index (χ3v) is 2.61. The van der Waals surface area contributed by atoms with Crippen molar-refractivity contribution in [3.63, 3.8) is 0 Å². The summed E-state index contributed by atoms with van der Waals surface area (Å²) in [6.45, 7) is 2.85. The van der Waals surface area contributed by atoms with Gasteiger partial charge >= 0.3 is 0 Å². The molecule has 0 aromatic heterocycles. The summed E-state index contributed by atoms with van der Waals surface area (Å²) in [6, 6.07) is 0. The van der Waals surface area contributed by atoms with Crippen LogP contribution in [0.15, 0.2) is 5.16 Å². The summed E-state index contributed by atoms with van der Waals surface area (Å²) in [5.74, 6) is 0.878. The largest absolute Gasteiger partial charge is 0.396 e. The molecule has 1 aliphatic carbocycles. The van der Waals surface area contributed by atoms with Crippen molar-refractivity contribution in [1.29, 1.82) is 0 Å². The van der Waals surface area contributed by atoms with Crippen LogP contribution in [0.3, 0.4) is 0 Å². The highest BCUT2D eigenvalue weighted by atomic mass is 16.6. The first kappa shape index (κ1) is 10.6. The van der Waals surface area contributed by atoms with E-state index in [0.29, 0.717) is 0 Å². The van der Waals surface area contributed by atoms with E-state index in [1.807, 2.05) is 6.21 Å². The number of rotatable bonds is 5. The molecule has 76 valence electrons. The van der Waals surface area contributed by atoms with Crippen LogP contribution in [-0.2, 0) is 4.84 Å². The normalized spacial score (nSPS) is 19.5. The molecule has 0 unspecified atom stereocenters. The minimum atomic E-state index is 0.751. The average molecular weight is 183 g/mol. The highest BCUT2D eigenvalue weighted by molar-refractivity contribution is 5.56. The summed E-state index contributed by atoms with van der Waals surface area (Å²) < 4.78 is 0. The maximum absolute atomic E-state index is 5.04. The standard InChI is InChI=1S/C11H21NO/c1-2-10-13-12-9-8-11-6-4-3-5-7-11/h9,11H,2-8,10H2,1H3/b12-9+. The van der Waals surface area contributed by atoms with Gasteiger partial charge < -0.3 is 4.84 Å². The molecule has 0 atom stereocenters. The highest BCUT2D eigenvalue weighted by Crippen LogP contribution is 2.25. The third-order valence-electron chi connectivity index (χ3n) is 2.61. The monoisotopic (exact) mass is 183 g/mol. The molecule has 1 fully saturated rings. The zero-order chi connectivity index (χ0) is 9.36. The van der Waals surface area contributed by atoms with Crippen molar-refractivity contribution in [2.45, 2.75) is 51.9 Å². The Bertz CT molecular complexity index is 139. The molecule has 2 heteroatoms. The van der Waals surface area contributed by atoms with Gasteiger partial charge in [-0.15, -0.1) is 0 Å². The molecule has 0 radical (unpaired) electrons. The predicted octanol–water partition coefficient (Wildman–Crippen LogP) is 3.37. The fraction of sp³-hybridized carbons (Fsp3) is 0.909. The van der Waals surface area contributed by atoms with Gasteiger partial charge in [-0.05, 0) is 18.8 Å². The Labute approximate surface area is 81.3 Å². The minimum Gasteiger partial charge on any atom is -0.396 e. The lowest BCUT2D eigenvalue weighted by atomic mass is 9.87. The van der Waals surface area contributed by atoms with Gasteiger partial charge in [0.15, 0.2) is 0 Å². The maximum atomic E-state index is 5.04. The van der Waals surface area contributed by atoms with E-state index in [1.165, 1.54) is 32.1 Å². The summed E-state index contributed by atoms with van der Waals surface area (Å²) in [4.78, 5) is 5.04. The summed E-state index contributed by atoms with van der Waals surface area (Å²) in [5, 5.41) is 3.93. The van der Waals surface area contributed by atoms with E-state index in [0.717, 1.165) is 25.4 Å². The Morgan fingerprint density at radius 2 is 2.08 bits per heavy atom. The smallest absolute Gasteiger partial charge is 0.116 e. The van der Waals surface area contributed by atoms with Crippen molar-refractivity contribution >= 4 is 6.21 Å². The van der Waals surface area contributed by atoms with Crippen molar-refractivity contribution in [3.05, 3.63) is 0 Å². The molecule has 0 spiro atoms. The molecule has 2 nitrogen and oxygen atoms in total. The van der Waals surface area contributed by atoms with Gasteiger partial charge in [0, 0.05) is 6.21 Å². The molecule has 1 aliphatic rings. The number of hydrogen-bond donors (Lipinski definition) is 0. The summed E-state index contributed by atoms with van der Waals surface area (Å²) in [6.07, 6.45) is 11.1. The van der Waals surface area contributed by atoms with Crippen LogP contribution >= 0.6 is 0 Å². The van der Waals surface area contributed by atoms with Gasteiger partial charge in [-0.2, -0.15) is 0 Å². The lowest BCUT2D eigenvalue weighted by Gasteiger charge is -2.19. The maximum Gasteiger partial charge on any atom is 0.116 e. The van der Waals surface area contributed by atoms with Crippen LogP contribution in [-0.4, -0.2) is 12.8 Å². The fourth-order valence-electron chi connectivity index (χ4n) is 1.81. The molecule has 0 amide bonds. The van der Waals surface area contributed by atoms with Gasteiger partial charge in [0.2, 0.25) is 0 Å². The number of nitrogens with zero attached hydrogens (tertiary/aromatic N) is 1. The van der Waals surface area contributed by atoms with Gasteiger partial charge in [-0.3, -0.25) is 0 Å². The van der Waals surface area contributed by atoms with E-state index in [4.69, 9.17) is 4.84 Å². The molecule has 1 rings (SSSR count). The van der Waals surface area contributed by atoms with Gasteiger partial charge in [0.1, 0.15) is 6.61 Å². The molecule has 0 saturated heterocycles. The van der Waals surface area contributed by atoms with Crippen LogP contribution < -0.4 is 0 Å². The molecule has 0 heterocycles. The van der Waals surface area contributed by atoms with E-state index in [1.54, 1.807) is 0 Å². The van der Waals surface area contributed by atoms with E-state index < -0.39 is 0 Å². The zero-order valence-electron chi connectivity index (χ0n) is 8.67. The molecule has 0 bridgehead atoms. The molecule has 0 aromatic rings. The second-order valence-corrected chi connectivity index (χ2v) is 3.86. The molecular formula is C11H21NO. The van der Waals surface area contributed by atoms with Crippen molar-refractivity contribution in [3.8, 4) is 0 Å². The summed E-state index contributed by atoms with van der Waals surface area (Å²) >= 11 is 0. The van der Waals surface area contributed by atoms with Gasteiger partial charge in [0.25, 0.3) is 0 Å². The van der Waals surface area contributed by atoms with Crippen molar-refractivity contribution in [1.82, 2.24) is 0 Å². The Morgan fingerprint density at radius 1 is 1.31 bits per heavy atom. The lowest BCUT2D eigenvalue weighted by molar-refractivity contribution is 0.145. The molecule has 1 saturated carbocycles. The Kier molecular flexibility index (Phi) is 5.62. The topological polar surface area (TPSA) is 21.6 Å². The Morgan fingerprint density at radius 3 is 2.77 bits per heavy atom. The van der Waals surface area contributed by atoms with Crippen LogP contribution in [0.1, 0.15) is 51.9 Å². The highest BCUT2D eigenvalue weighted by Gasteiger charge is 2.11. The van der Waals surface area contributed by atoms with Gasteiger partial charge in [-0.25, -0.2) is 0 Å².